The molecule has 1 heterocycles. The fraction of sp³-hybridized carbons (Fsp3) is 0.500. The van der Waals surface area contributed by atoms with Crippen molar-refractivity contribution in [1.29, 1.82) is 0 Å². The number of aliphatic hydroxyl groups excluding tert-OH is 1. The highest BCUT2D eigenvalue weighted by Gasteiger charge is 2.22. The molecule has 0 radical (unpaired) electrons. The van der Waals surface area contributed by atoms with Gasteiger partial charge in [0, 0.05) is 13.6 Å². The van der Waals surface area contributed by atoms with Crippen LogP contribution < -0.4 is 5.32 Å². The lowest BCUT2D eigenvalue weighted by Gasteiger charge is -2.30. The molecule has 1 atom stereocenters. The van der Waals surface area contributed by atoms with Gasteiger partial charge in [0.1, 0.15) is 0 Å². The highest BCUT2D eigenvalue weighted by Crippen LogP contribution is 2.20. The summed E-state index contributed by atoms with van der Waals surface area (Å²) in [6.07, 6.45) is 1.29. The minimum absolute atomic E-state index is 0.0412. The molecule has 1 saturated heterocycles. The normalized spacial score (nSPS) is 18.5. The van der Waals surface area contributed by atoms with Crippen molar-refractivity contribution < 1.29 is 14.7 Å². The second kappa shape index (κ2) is 8.29. The Morgan fingerprint density at radius 1 is 1.43 bits per heavy atom. The van der Waals surface area contributed by atoms with Crippen molar-refractivity contribution in [1.82, 2.24) is 9.80 Å². The molecule has 0 aliphatic carbocycles. The summed E-state index contributed by atoms with van der Waals surface area (Å²) in [6, 6.07) is 6.95. The zero-order valence-corrected chi connectivity index (χ0v) is 13.9. The number of rotatable bonds is 5. The maximum absolute atomic E-state index is 12.2. The highest BCUT2D eigenvalue weighted by molar-refractivity contribution is 6.33. The zero-order chi connectivity index (χ0) is 16.8. The van der Waals surface area contributed by atoms with E-state index in [1.54, 1.807) is 31.3 Å². The average molecular weight is 340 g/mol. The van der Waals surface area contributed by atoms with Gasteiger partial charge in [0.05, 0.1) is 29.9 Å². The molecule has 2 amide bonds. The lowest BCUT2D eigenvalue weighted by Crippen LogP contribution is -2.46. The molecule has 0 aromatic heterocycles. The van der Waals surface area contributed by atoms with Gasteiger partial charge in [0.25, 0.3) is 0 Å². The minimum Gasteiger partial charge on any atom is -0.392 e. The largest absolute Gasteiger partial charge is 0.392 e. The van der Waals surface area contributed by atoms with Crippen LogP contribution in [0.3, 0.4) is 0 Å². The number of benzene rings is 1. The van der Waals surface area contributed by atoms with Crippen LogP contribution in [0.1, 0.15) is 12.8 Å². The number of amides is 2. The number of para-hydroxylation sites is 1. The van der Waals surface area contributed by atoms with Crippen LogP contribution >= 0.6 is 11.6 Å². The molecule has 1 aliphatic heterocycles. The third kappa shape index (κ3) is 5.49. The topological polar surface area (TPSA) is 72.9 Å². The van der Waals surface area contributed by atoms with E-state index in [-0.39, 0.29) is 31.0 Å². The maximum Gasteiger partial charge on any atom is 0.244 e. The number of carbonyl (C=O) groups is 2. The van der Waals surface area contributed by atoms with E-state index >= 15 is 0 Å². The van der Waals surface area contributed by atoms with Crippen molar-refractivity contribution in [3.8, 4) is 0 Å². The van der Waals surface area contributed by atoms with E-state index in [2.05, 4.69) is 5.32 Å². The molecule has 1 fully saturated rings. The van der Waals surface area contributed by atoms with E-state index in [0.717, 1.165) is 19.4 Å². The van der Waals surface area contributed by atoms with Crippen molar-refractivity contribution in [3.63, 3.8) is 0 Å². The minimum atomic E-state index is -0.370. The number of nitrogens with one attached hydrogen (secondary N) is 1. The number of halogens is 1. The van der Waals surface area contributed by atoms with E-state index in [4.69, 9.17) is 11.6 Å². The van der Waals surface area contributed by atoms with E-state index < -0.39 is 0 Å². The van der Waals surface area contributed by atoms with Crippen LogP contribution in [0.2, 0.25) is 5.02 Å². The van der Waals surface area contributed by atoms with E-state index in [1.807, 2.05) is 4.90 Å². The van der Waals surface area contributed by atoms with Gasteiger partial charge >= 0.3 is 0 Å². The molecule has 6 nitrogen and oxygen atoms in total. The van der Waals surface area contributed by atoms with Crippen LogP contribution in [0.25, 0.3) is 0 Å². The molecule has 1 aromatic rings. The molecular weight excluding hydrogens is 318 g/mol. The first-order valence-electron chi connectivity index (χ1n) is 7.64. The SMILES string of the molecule is CN(CC(=O)Nc1ccccc1Cl)C(=O)CN1CCCC(O)C1. The Labute approximate surface area is 141 Å². The van der Waals surface area contributed by atoms with Crippen molar-refractivity contribution in [2.75, 3.05) is 38.5 Å². The number of piperidine rings is 1. The number of aliphatic hydroxyl groups is 1. The number of anilines is 1. The number of likely N-dealkylation sites (N-methyl/N-ethyl adjacent to an activating group) is 1. The molecular formula is C16H22ClN3O3. The molecule has 7 heteroatoms. The van der Waals surface area contributed by atoms with Gasteiger partial charge in [-0.15, -0.1) is 0 Å². The van der Waals surface area contributed by atoms with Crippen LogP contribution in [0, 0.1) is 0 Å². The van der Waals surface area contributed by atoms with Gasteiger partial charge in [-0.2, -0.15) is 0 Å². The third-order valence-electron chi connectivity index (χ3n) is 3.79. The van der Waals surface area contributed by atoms with Gasteiger partial charge in [-0.1, -0.05) is 23.7 Å². The first-order chi connectivity index (χ1) is 11.0. The third-order valence-corrected chi connectivity index (χ3v) is 4.12. The van der Waals surface area contributed by atoms with E-state index in [1.165, 1.54) is 4.90 Å². The van der Waals surface area contributed by atoms with Crippen molar-refractivity contribution in [2.24, 2.45) is 0 Å². The first-order valence-corrected chi connectivity index (χ1v) is 8.02. The summed E-state index contributed by atoms with van der Waals surface area (Å²) >= 11 is 5.98. The number of likely N-dealkylation sites (tertiary alicyclic amines) is 1. The fourth-order valence-corrected chi connectivity index (χ4v) is 2.73. The molecule has 1 aliphatic rings. The second-order valence-corrected chi connectivity index (χ2v) is 6.22. The van der Waals surface area contributed by atoms with Gasteiger partial charge in [0.15, 0.2) is 0 Å². The Morgan fingerprint density at radius 3 is 2.87 bits per heavy atom. The molecule has 2 rings (SSSR count). The van der Waals surface area contributed by atoms with Crippen LogP contribution in [-0.2, 0) is 9.59 Å². The Kier molecular flexibility index (Phi) is 6.38. The van der Waals surface area contributed by atoms with Crippen molar-refractivity contribution in [2.45, 2.75) is 18.9 Å². The molecule has 0 saturated carbocycles. The average Bonchev–Trinajstić information content (AvgIpc) is 2.49. The monoisotopic (exact) mass is 339 g/mol. The number of hydrogen-bond donors (Lipinski definition) is 2. The molecule has 23 heavy (non-hydrogen) atoms. The van der Waals surface area contributed by atoms with E-state index in [0.29, 0.717) is 17.3 Å². The van der Waals surface area contributed by atoms with Gasteiger partial charge in [-0.25, -0.2) is 0 Å². The summed E-state index contributed by atoms with van der Waals surface area (Å²) in [4.78, 5) is 27.5. The Balaban J connectivity index is 1.81. The summed E-state index contributed by atoms with van der Waals surface area (Å²) in [7, 11) is 1.59. The highest BCUT2D eigenvalue weighted by atomic mass is 35.5. The summed E-state index contributed by atoms with van der Waals surface area (Å²) in [5.74, 6) is -0.443. The van der Waals surface area contributed by atoms with Crippen LogP contribution in [0.4, 0.5) is 5.69 Å². The standard InChI is InChI=1S/C16H22ClN3O3/c1-19(16(23)11-20-8-4-5-12(21)9-20)10-15(22)18-14-7-3-2-6-13(14)17/h2-3,6-7,12,21H,4-5,8-11H2,1H3,(H,18,22). The number of β-amino-alcohol motifs (C(OH)–C–C–N with tert-alkyl or cyclic N) is 1. The lowest BCUT2D eigenvalue weighted by molar-refractivity contribution is -0.134. The zero-order valence-electron chi connectivity index (χ0n) is 13.2. The predicted molar refractivity (Wildman–Crippen MR) is 89.4 cm³/mol. The van der Waals surface area contributed by atoms with Gasteiger partial charge in [-0.05, 0) is 31.5 Å². The van der Waals surface area contributed by atoms with Gasteiger partial charge in [-0.3, -0.25) is 14.5 Å². The fourth-order valence-electron chi connectivity index (χ4n) is 2.54. The van der Waals surface area contributed by atoms with Crippen LogP contribution in [0.15, 0.2) is 24.3 Å². The lowest BCUT2D eigenvalue weighted by atomic mass is 10.1. The summed E-state index contributed by atoms with van der Waals surface area (Å²) in [5, 5.41) is 12.8. The van der Waals surface area contributed by atoms with Crippen LogP contribution in [0.5, 0.6) is 0 Å². The Bertz CT molecular complexity index is 567. The molecule has 1 aromatic carbocycles. The number of hydrogen-bond acceptors (Lipinski definition) is 4. The molecule has 0 bridgehead atoms. The number of carbonyl (C=O) groups excluding carboxylic acids is 2. The van der Waals surface area contributed by atoms with Gasteiger partial charge < -0.3 is 15.3 Å². The first kappa shape index (κ1) is 17.7. The van der Waals surface area contributed by atoms with E-state index in [9.17, 15) is 14.7 Å². The Morgan fingerprint density at radius 2 is 2.17 bits per heavy atom. The van der Waals surface area contributed by atoms with Gasteiger partial charge in [0.2, 0.25) is 11.8 Å². The van der Waals surface area contributed by atoms with Crippen LogP contribution in [-0.4, -0.2) is 66.1 Å². The molecule has 126 valence electrons. The van der Waals surface area contributed by atoms with Crippen molar-refractivity contribution >= 4 is 29.1 Å². The summed E-state index contributed by atoms with van der Waals surface area (Å²) < 4.78 is 0. The predicted octanol–water partition coefficient (Wildman–Crippen LogP) is 1.19. The molecule has 0 spiro atoms. The molecule has 1 unspecified atom stereocenters. The Hall–Kier alpha value is -1.63. The summed E-state index contributed by atoms with van der Waals surface area (Å²) in [5.41, 5.74) is 0.527. The smallest absolute Gasteiger partial charge is 0.244 e. The quantitative estimate of drug-likeness (QED) is 0.845. The second-order valence-electron chi connectivity index (χ2n) is 5.81. The number of nitrogens with zero attached hydrogens (tertiary/aromatic N) is 2. The maximum atomic E-state index is 12.2. The van der Waals surface area contributed by atoms with Crippen molar-refractivity contribution in [3.05, 3.63) is 29.3 Å². The molecule has 2 N–H and O–H groups in total. The summed E-state index contributed by atoms with van der Waals surface area (Å²) in [6.45, 7) is 1.47.